The molecule has 0 spiro atoms. The molecule has 5 atom stereocenters. The van der Waals surface area contributed by atoms with Crippen LogP contribution in [0.3, 0.4) is 0 Å². The van der Waals surface area contributed by atoms with E-state index in [1.807, 2.05) is 69.1 Å². The Kier molecular flexibility index (Phi) is 7.39. The number of likely N-dealkylation sites (tertiary alicyclic amines) is 2. The topological polar surface area (TPSA) is 101 Å². The molecule has 2 amide bonds. The summed E-state index contributed by atoms with van der Waals surface area (Å²) in [6.45, 7) is 8.62. The quantitative estimate of drug-likeness (QED) is 0.482. The van der Waals surface area contributed by atoms with Crippen LogP contribution in [0.15, 0.2) is 54.7 Å². The number of amides is 2. The van der Waals surface area contributed by atoms with E-state index in [2.05, 4.69) is 4.98 Å². The molecule has 2 saturated heterocycles. The highest BCUT2D eigenvalue weighted by atomic mass is 19.1. The Morgan fingerprint density at radius 3 is 2.62 bits per heavy atom. The van der Waals surface area contributed by atoms with E-state index in [4.69, 9.17) is 15.2 Å². The lowest BCUT2D eigenvalue weighted by Crippen LogP contribution is -2.54. The first kappa shape index (κ1) is 27.1. The van der Waals surface area contributed by atoms with Crippen molar-refractivity contribution in [3.8, 4) is 0 Å². The lowest BCUT2D eigenvalue weighted by molar-refractivity contribution is -0.140. The fourth-order valence-corrected chi connectivity index (χ4v) is 6.08. The number of fused-ring (bicyclic) bond motifs is 2. The first-order valence-corrected chi connectivity index (χ1v) is 13.5. The minimum absolute atomic E-state index is 0.166. The van der Waals surface area contributed by atoms with Crippen LogP contribution in [-0.2, 0) is 20.9 Å². The van der Waals surface area contributed by atoms with E-state index in [1.165, 1.54) is 12.1 Å². The van der Waals surface area contributed by atoms with Crippen LogP contribution in [0.4, 0.5) is 9.18 Å². The molecule has 0 radical (unpaired) electrons. The number of halogens is 1. The van der Waals surface area contributed by atoms with Crippen molar-refractivity contribution >= 4 is 22.9 Å². The van der Waals surface area contributed by atoms with Crippen LogP contribution in [0.5, 0.6) is 0 Å². The number of carbonyl (C=O) groups is 2. The Balaban J connectivity index is 1.43. The number of nitrogens with two attached hydrogens (primary N) is 1. The van der Waals surface area contributed by atoms with Gasteiger partial charge in [-0.15, -0.1) is 0 Å². The monoisotopic (exact) mass is 536 g/mol. The van der Waals surface area contributed by atoms with Gasteiger partial charge in [0, 0.05) is 36.1 Å². The molecule has 2 aliphatic rings. The molecule has 2 aliphatic heterocycles. The number of hydrogen-bond donors (Lipinski definition) is 2. The normalized spacial score (nSPS) is 22.7. The predicted molar refractivity (Wildman–Crippen MR) is 147 cm³/mol. The van der Waals surface area contributed by atoms with E-state index >= 15 is 0 Å². The van der Waals surface area contributed by atoms with Crippen molar-refractivity contribution in [3.63, 3.8) is 0 Å². The number of aromatic amines is 1. The molecule has 0 bridgehead atoms. The van der Waals surface area contributed by atoms with Gasteiger partial charge in [0.2, 0.25) is 5.91 Å². The number of ether oxygens (including phenoxy) is 2. The number of hydrogen-bond acceptors (Lipinski definition) is 5. The van der Waals surface area contributed by atoms with E-state index < -0.39 is 23.8 Å². The number of nitrogens with one attached hydrogen (secondary N) is 1. The van der Waals surface area contributed by atoms with Gasteiger partial charge in [0.05, 0.1) is 23.8 Å². The van der Waals surface area contributed by atoms with Crippen molar-refractivity contribution in [1.29, 1.82) is 0 Å². The van der Waals surface area contributed by atoms with Crippen molar-refractivity contribution in [2.24, 2.45) is 5.73 Å². The van der Waals surface area contributed by atoms with Crippen LogP contribution in [0.2, 0.25) is 0 Å². The van der Waals surface area contributed by atoms with E-state index in [1.54, 1.807) is 11.0 Å². The van der Waals surface area contributed by atoms with Gasteiger partial charge >= 0.3 is 6.09 Å². The van der Waals surface area contributed by atoms with Crippen LogP contribution in [0.1, 0.15) is 51.2 Å². The van der Waals surface area contributed by atoms with Gasteiger partial charge in [0.15, 0.2) is 0 Å². The summed E-state index contributed by atoms with van der Waals surface area (Å²) < 4.78 is 25.6. The third-order valence-corrected chi connectivity index (χ3v) is 7.75. The SMILES string of the molecule is CC(OC(C)(C)C)C(N)C(=O)N1CCC2C1C(c1c[nH]c3cc(F)ccc13)CN2C(=O)OCc1ccccc1. The van der Waals surface area contributed by atoms with Crippen LogP contribution < -0.4 is 5.73 Å². The zero-order chi connectivity index (χ0) is 27.9. The first-order valence-electron chi connectivity index (χ1n) is 13.5. The summed E-state index contributed by atoms with van der Waals surface area (Å²) in [5, 5.41) is 0.868. The average Bonchev–Trinajstić information content (AvgIpc) is 3.60. The minimum Gasteiger partial charge on any atom is -0.445 e. The number of carbonyl (C=O) groups excluding carboxylic acids is 2. The number of nitrogens with zero attached hydrogens (tertiary/aromatic N) is 2. The van der Waals surface area contributed by atoms with Gasteiger partial charge in [0.1, 0.15) is 18.5 Å². The molecule has 3 N–H and O–H groups in total. The molecule has 208 valence electrons. The van der Waals surface area contributed by atoms with E-state index in [-0.39, 0.29) is 36.3 Å². The molecule has 2 fully saturated rings. The zero-order valence-corrected chi connectivity index (χ0v) is 22.9. The Morgan fingerprint density at radius 2 is 1.90 bits per heavy atom. The molecule has 3 aromatic rings. The highest BCUT2D eigenvalue weighted by Gasteiger charge is 2.54. The number of rotatable bonds is 6. The number of H-pyrrole nitrogens is 1. The van der Waals surface area contributed by atoms with Crippen molar-refractivity contribution in [2.45, 2.75) is 76.5 Å². The van der Waals surface area contributed by atoms with Gasteiger partial charge in [0.25, 0.3) is 0 Å². The highest BCUT2D eigenvalue weighted by Crippen LogP contribution is 2.43. The van der Waals surface area contributed by atoms with Crippen LogP contribution >= 0.6 is 0 Å². The largest absolute Gasteiger partial charge is 0.445 e. The van der Waals surface area contributed by atoms with Crippen molar-refractivity contribution < 1.29 is 23.5 Å². The fourth-order valence-electron chi connectivity index (χ4n) is 6.08. The van der Waals surface area contributed by atoms with E-state index in [0.717, 1.165) is 16.5 Å². The van der Waals surface area contributed by atoms with E-state index in [9.17, 15) is 14.0 Å². The summed E-state index contributed by atoms with van der Waals surface area (Å²) in [6.07, 6.45) is 1.58. The van der Waals surface area contributed by atoms with Gasteiger partial charge in [-0.2, -0.15) is 0 Å². The molecule has 39 heavy (non-hydrogen) atoms. The summed E-state index contributed by atoms with van der Waals surface area (Å²) in [7, 11) is 0. The maximum absolute atomic E-state index is 13.9. The van der Waals surface area contributed by atoms with E-state index in [0.29, 0.717) is 25.0 Å². The summed E-state index contributed by atoms with van der Waals surface area (Å²) in [6, 6.07) is 12.8. The molecule has 9 heteroatoms. The second-order valence-electron chi connectivity index (χ2n) is 11.6. The molecular formula is C30H37FN4O4. The summed E-state index contributed by atoms with van der Waals surface area (Å²) >= 11 is 0. The molecular weight excluding hydrogens is 499 g/mol. The Morgan fingerprint density at radius 1 is 1.15 bits per heavy atom. The molecule has 0 saturated carbocycles. The van der Waals surface area contributed by atoms with Crippen molar-refractivity contribution in [1.82, 2.24) is 14.8 Å². The third kappa shape index (κ3) is 5.51. The molecule has 8 nitrogen and oxygen atoms in total. The maximum atomic E-state index is 13.9. The van der Waals surface area contributed by atoms with Crippen molar-refractivity contribution in [3.05, 3.63) is 71.7 Å². The van der Waals surface area contributed by atoms with Gasteiger partial charge in [-0.25, -0.2) is 9.18 Å². The van der Waals surface area contributed by atoms with Crippen LogP contribution in [-0.4, -0.2) is 69.7 Å². The Hall–Kier alpha value is -3.43. The maximum Gasteiger partial charge on any atom is 0.410 e. The van der Waals surface area contributed by atoms with Gasteiger partial charge in [-0.1, -0.05) is 30.3 Å². The first-order chi connectivity index (χ1) is 18.5. The zero-order valence-electron chi connectivity index (χ0n) is 22.9. The predicted octanol–water partition coefficient (Wildman–Crippen LogP) is 4.54. The second-order valence-corrected chi connectivity index (χ2v) is 11.6. The molecule has 1 aromatic heterocycles. The fraction of sp³-hybridized carbons (Fsp3) is 0.467. The highest BCUT2D eigenvalue weighted by molar-refractivity contribution is 5.86. The average molecular weight is 537 g/mol. The van der Waals surface area contributed by atoms with Gasteiger partial charge in [-0.3, -0.25) is 4.79 Å². The second kappa shape index (κ2) is 10.6. The lowest BCUT2D eigenvalue weighted by Gasteiger charge is -2.34. The molecule has 3 heterocycles. The molecule has 0 aliphatic carbocycles. The summed E-state index contributed by atoms with van der Waals surface area (Å²) in [4.78, 5) is 33.8. The van der Waals surface area contributed by atoms with Crippen molar-refractivity contribution in [2.75, 3.05) is 13.1 Å². The lowest BCUT2D eigenvalue weighted by atomic mass is 9.91. The Bertz CT molecular complexity index is 1340. The Labute approximate surface area is 228 Å². The standard InChI is InChI=1S/C30H37FN4O4/c1-18(39-30(2,3)4)26(32)28(36)34-13-12-25-27(34)23(22-15-33-24-14-20(31)10-11-21(22)24)16-35(25)29(37)38-17-19-8-6-5-7-9-19/h5-11,14-15,18,23,25-27,33H,12-13,16-17,32H2,1-4H3. The van der Waals surface area contributed by atoms with Crippen LogP contribution in [0.25, 0.3) is 10.9 Å². The van der Waals surface area contributed by atoms with Gasteiger partial charge in [-0.05, 0) is 63.4 Å². The smallest absolute Gasteiger partial charge is 0.410 e. The minimum atomic E-state index is -0.847. The summed E-state index contributed by atoms with van der Waals surface area (Å²) in [5.74, 6) is -0.728. The molecule has 2 aromatic carbocycles. The molecule has 5 unspecified atom stereocenters. The van der Waals surface area contributed by atoms with Gasteiger partial charge < -0.3 is 30.0 Å². The number of aromatic nitrogens is 1. The molecule has 5 rings (SSSR count). The number of benzene rings is 2. The third-order valence-electron chi connectivity index (χ3n) is 7.75. The summed E-state index contributed by atoms with van der Waals surface area (Å²) in [5.41, 5.74) is 8.50. The van der Waals surface area contributed by atoms with Crippen LogP contribution in [0, 0.1) is 5.82 Å².